The van der Waals surface area contributed by atoms with Crippen LogP contribution in [-0.4, -0.2) is 65.0 Å². The zero-order chi connectivity index (χ0) is 29.6. The SMILES string of the molecule is CNC(Cc1ccccc1)C(=O)N1CCC[C@H]1C(=O)N[C@@H](Cc1cccc(C(=N)N)c1)C(=O)c1nc2ccccc2s1. The van der Waals surface area contributed by atoms with Crippen molar-refractivity contribution in [2.24, 2.45) is 5.73 Å². The maximum Gasteiger partial charge on any atom is 0.243 e. The number of hydrogen-bond donors (Lipinski definition) is 4. The summed E-state index contributed by atoms with van der Waals surface area (Å²) in [5, 5.41) is 14.2. The Labute approximate surface area is 248 Å². The Kier molecular flexibility index (Phi) is 9.04. The minimum Gasteiger partial charge on any atom is -0.384 e. The Balaban J connectivity index is 1.37. The minimum atomic E-state index is -0.915. The maximum absolute atomic E-state index is 13.8. The van der Waals surface area contributed by atoms with E-state index in [0.29, 0.717) is 36.4 Å². The van der Waals surface area contributed by atoms with Crippen LogP contribution in [0.3, 0.4) is 0 Å². The Morgan fingerprint density at radius 3 is 2.45 bits per heavy atom. The molecule has 1 fully saturated rings. The molecule has 1 aliphatic heterocycles. The van der Waals surface area contributed by atoms with Crippen molar-refractivity contribution in [3.05, 3.63) is 101 Å². The quantitative estimate of drug-likeness (QED) is 0.122. The monoisotopic (exact) mass is 582 g/mol. The zero-order valence-electron chi connectivity index (χ0n) is 23.4. The lowest BCUT2D eigenvalue weighted by atomic mass is 9.99. The standard InChI is InChI=1S/C32H34N6O3S/c1-35-25(18-20-9-3-2-4-10-20)32(41)38-16-8-14-26(38)30(40)36-24(19-21-11-7-12-22(17-21)29(33)34)28(39)31-37-23-13-5-6-15-27(23)42-31/h2-7,9-13,15,17,24-26,35H,8,14,16,18-19H2,1H3,(H3,33,34)(H,36,40)/t24-,25?,26-/m0/s1. The number of nitrogens with one attached hydrogen (secondary N) is 3. The average molecular weight is 583 g/mol. The van der Waals surface area contributed by atoms with Gasteiger partial charge in [-0.15, -0.1) is 11.3 Å². The number of carbonyl (C=O) groups is 3. The van der Waals surface area contributed by atoms with E-state index in [0.717, 1.165) is 21.3 Å². The van der Waals surface area contributed by atoms with Gasteiger partial charge in [0.05, 0.1) is 22.3 Å². The average Bonchev–Trinajstić information content (AvgIpc) is 3.67. The molecule has 0 aliphatic carbocycles. The number of likely N-dealkylation sites (N-methyl/N-ethyl adjacent to an activating group) is 1. The lowest BCUT2D eigenvalue weighted by molar-refractivity contribution is -0.140. The Bertz CT molecular complexity index is 1570. The van der Waals surface area contributed by atoms with Crippen LogP contribution < -0.4 is 16.4 Å². The fourth-order valence-electron chi connectivity index (χ4n) is 5.37. The number of hydrogen-bond acceptors (Lipinski definition) is 7. The van der Waals surface area contributed by atoms with Crippen molar-refractivity contribution in [2.75, 3.05) is 13.6 Å². The van der Waals surface area contributed by atoms with Crippen LogP contribution in [0, 0.1) is 5.41 Å². The highest BCUT2D eigenvalue weighted by Crippen LogP contribution is 2.25. The third kappa shape index (κ3) is 6.56. The molecule has 1 saturated heterocycles. The lowest BCUT2D eigenvalue weighted by Gasteiger charge is -2.29. The lowest BCUT2D eigenvalue weighted by Crippen LogP contribution is -2.55. The molecule has 0 saturated carbocycles. The molecule has 1 aliphatic rings. The van der Waals surface area contributed by atoms with Gasteiger partial charge in [-0.2, -0.15) is 0 Å². The number of amides is 2. The van der Waals surface area contributed by atoms with Crippen molar-refractivity contribution in [3.63, 3.8) is 0 Å². The van der Waals surface area contributed by atoms with Gasteiger partial charge in [0.15, 0.2) is 5.01 Å². The predicted octanol–water partition coefficient (Wildman–Crippen LogP) is 3.31. The number of amidine groups is 1. The minimum absolute atomic E-state index is 0.0790. The number of carbonyl (C=O) groups excluding carboxylic acids is 3. The molecule has 42 heavy (non-hydrogen) atoms. The van der Waals surface area contributed by atoms with E-state index in [9.17, 15) is 14.4 Å². The molecule has 3 atom stereocenters. The molecule has 0 radical (unpaired) electrons. The third-order valence-electron chi connectivity index (χ3n) is 7.58. The molecular weight excluding hydrogens is 548 g/mol. The highest BCUT2D eigenvalue weighted by molar-refractivity contribution is 7.20. The van der Waals surface area contributed by atoms with Gasteiger partial charge >= 0.3 is 0 Å². The van der Waals surface area contributed by atoms with Crippen molar-refractivity contribution in [1.29, 1.82) is 5.41 Å². The van der Waals surface area contributed by atoms with Gasteiger partial charge in [-0.1, -0.05) is 60.7 Å². The van der Waals surface area contributed by atoms with E-state index < -0.39 is 18.1 Å². The summed E-state index contributed by atoms with van der Waals surface area (Å²) in [7, 11) is 1.75. The van der Waals surface area contributed by atoms with Gasteiger partial charge in [0.25, 0.3) is 0 Å². The topological polar surface area (TPSA) is 141 Å². The van der Waals surface area contributed by atoms with Gasteiger partial charge in [0, 0.05) is 18.5 Å². The van der Waals surface area contributed by atoms with E-state index in [1.54, 1.807) is 30.1 Å². The first kappa shape index (κ1) is 29.1. The first-order chi connectivity index (χ1) is 20.3. The van der Waals surface area contributed by atoms with Crippen LogP contribution in [0.4, 0.5) is 0 Å². The fourth-order valence-corrected chi connectivity index (χ4v) is 6.33. The summed E-state index contributed by atoms with van der Waals surface area (Å²) in [5.74, 6) is -0.879. The summed E-state index contributed by atoms with van der Waals surface area (Å²) in [4.78, 5) is 47.4. The number of aromatic nitrogens is 1. The number of fused-ring (bicyclic) bond motifs is 1. The Morgan fingerprint density at radius 2 is 1.71 bits per heavy atom. The molecule has 2 heterocycles. The first-order valence-electron chi connectivity index (χ1n) is 14.0. The first-order valence-corrected chi connectivity index (χ1v) is 14.8. The number of likely N-dealkylation sites (tertiary alicyclic amines) is 1. The fraction of sp³-hybridized carbons (Fsp3) is 0.281. The van der Waals surface area contributed by atoms with Crippen molar-refractivity contribution in [1.82, 2.24) is 20.5 Å². The number of Topliss-reactive ketones (excluding diaryl/α,β-unsaturated/α-hetero) is 1. The summed E-state index contributed by atoms with van der Waals surface area (Å²) in [5.41, 5.74) is 8.73. The summed E-state index contributed by atoms with van der Waals surface area (Å²) in [6, 6.07) is 22.3. The Hall–Kier alpha value is -4.41. The number of nitrogens with zero attached hydrogens (tertiary/aromatic N) is 2. The smallest absolute Gasteiger partial charge is 0.243 e. The number of thiazole rings is 1. The molecule has 5 N–H and O–H groups in total. The molecular formula is C32H34N6O3S. The van der Waals surface area contributed by atoms with Crippen molar-refractivity contribution < 1.29 is 14.4 Å². The zero-order valence-corrected chi connectivity index (χ0v) is 24.2. The number of benzene rings is 3. The summed E-state index contributed by atoms with van der Waals surface area (Å²) in [6.45, 7) is 0.473. The number of rotatable bonds is 11. The van der Waals surface area contributed by atoms with Gasteiger partial charge in [-0.05, 0) is 55.6 Å². The molecule has 2 amide bonds. The van der Waals surface area contributed by atoms with Crippen molar-refractivity contribution in [3.8, 4) is 0 Å². The molecule has 0 bridgehead atoms. The Morgan fingerprint density at radius 1 is 1.00 bits per heavy atom. The second kappa shape index (κ2) is 13.1. The van der Waals surface area contributed by atoms with E-state index in [2.05, 4.69) is 15.6 Å². The highest BCUT2D eigenvalue weighted by atomic mass is 32.1. The van der Waals surface area contributed by atoms with Gasteiger partial charge in [0.1, 0.15) is 11.9 Å². The molecule has 10 heteroatoms. The van der Waals surface area contributed by atoms with E-state index in [1.807, 2.05) is 60.7 Å². The van der Waals surface area contributed by atoms with Gasteiger partial charge in [0.2, 0.25) is 17.6 Å². The van der Waals surface area contributed by atoms with Crippen LogP contribution >= 0.6 is 11.3 Å². The van der Waals surface area contributed by atoms with E-state index >= 15 is 0 Å². The van der Waals surface area contributed by atoms with Crippen LogP contribution in [0.1, 0.15) is 39.3 Å². The molecule has 1 aromatic heterocycles. The number of ketones is 1. The summed E-state index contributed by atoms with van der Waals surface area (Å²) < 4.78 is 0.883. The molecule has 1 unspecified atom stereocenters. The van der Waals surface area contributed by atoms with Crippen LogP contribution in [0.5, 0.6) is 0 Å². The van der Waals surface area contributed by atoms with E-state index in [1.165, 1.54) is 11.3 Å². The van der Waals surface area contributed by atoms with Gasteiger partial charge in [-0.3, -0.25) is 19.8 Å². The molecule has 0 spiro atoms. The van der Waals surface area contributed by atoms with Crippen LogP contribution in [-0.2, 0) is 22.4 Å². The highest BCUT2D eigenvalue weighted by Gasteiger charge is 2.38. The molecule has 3 aromatic carbocycles. The predicted molar refractivity (Wildman–Crippen MR) is 165 cm³/mol. The maximum atomic E-state index is 13.8. The molecule has 4 aromatic rings. The van der Waals surface area contributed by atoms with Crippen molar-refractivity contribution in [2.45, 2.75) is 43.8 Å². The number of nitrogens with two attached hydrogens (primary N) is 1. The van der Waals surface area contributed by atoms with Crippen LogP contribution in [0.2, 0.25) is 0 Å². The largest absolute Gasteiger partial charge is 0.384 e. The number of nitrogen functional groups attached to an aromatic ring is 1. The summed E-state index contributed by atoms with van der Waals surface area (Å²) in [6.07, 6.45) is 1.91. The van der Waals surface area contributed by atoms with Crippen molar-refractivity contribution >= 4 is 45.0 Å². The molecule has 5 rings (SSSR count). The number of para-hydroxylation sites is 1. The van der Waals surface area contributed by atoms with Crippen LogP contribution in [0.25, 0.3) is 10.2 Å². The normalized spacial score (nSPS) is 16.2. The van der Waals surface area contributed by atoms with Crippen LogP contribution in [0.15, 0.2) is 78.9 Å². The van der Waals surface area contributed by atoms with Gasteiger partial charge < -0.3 is 21.3 Å². The molecule has 216 valence electrons. The molecule has 9 nitrogen and oxygen atoms in total. The second-order valence-electron chi connectivity index (χ2n) is 10.5. The second-order valence-corrected chi connectivity index (χ2v) is 11.5. The summed E-state index contributed by atoms with van der Waals surface area (Å²) >= 11 is 1.29. The third-order valence-corrected chi connectivity index (χ3v) is 8.63. The van der Waals surface area contributed by atoms with E-state index in [-0.39, 0.29) is 29.9 Å². The van der Waals surface area contributed by atoms with Gasteiger partial charge in [-0.25, -0.2) is 4.98 Å². The van der Waals surface area contributed by atoms with E-state index in [4.69, 9.17) is 11.1 Å².